The van der Waals surface area contributed by atoms with Crippen molar-refractivity contribution in [3.05, 3.63) is 22.7 Å². The molecule has 1 atom stereocenters. The second-order valence-corrected chi connectivity index (χ2v) is 8.43. The molecule has 112 valence electrons. The van der Waals surface area contributed by atoms with Crippen LogP contribution in [-0.4, -0.2) is 30.4 Å². The SMILES string of the molecule is Cc1ccnc2sc(C(=O)NC3CCCS3(=O)=O)c(N)c12. The van der Waals surface area contributed by atoms with Crippen LogP contribution in [0.25, 0.3) is 10.2 Å². The van der Waals surface area contributed by atoms with E-state index in [0.29, 0.717) is 28.2 Å². The minimum Gasteiger partial charge on any atom is -0.397 e. The Hall–Kier alpha value is -1.67. The van der Waals surface area contributed by atoms with Crippen molar-refractivity contribution in [2.45, 2.75) is 25.1 Å². The van der Waals surface area contributed by atoms with Crippen LogP contribution in [0.5, 0.6) is 0 Å². The standard InChI is InChI=1S/C13H15N3O3S2/c1-7-4-5-15-13-9(7)10(14)11(20-13)12(17)16-8-3-2-6-21(8,18)19/h4-5,8H,2-3,6,14H2,1H3,(H,16,17). The van der Waals surface area contributed by atoms with Crippen molar-refractivity contribution in [2.24, 2.45) is 0 Å². The number of nitrogens with zero attached hydrogens (tertiary/aromatic N) is 1. The summed E-state index contributed by atoms with van der Waals surface area (Å²) < 4.78 is 23.6. The number of anilines is 1. The molecule has 1 aliphatic heterocycles. The summed E-state index contributed by atoms with van der Waals surface area (Å²) in [5, 5.41) is 2.55. The van der Waals surface area contributed by atoms with E-state index in [-0.39, 0.29) is 5.75 Å². The third-order valence-corrected chi connectivity index (χ3v) is 6.85. The third kappa shape index (κ3) is 2.38. The zero-order valence-corrected chi connectivity index (χ0v) is 13.1. The molecule has 2 aromatic heterocycles. The highest BCUT2D eigenvalue weighted by Gasteiger charge is 2.33. The fourth-order valence-electron chi connectivity index (χ4n) is 2.54. The minimum absolute atomic E-state index is 0.126. The maximum absolute atomic E-state index is 12.3. The molecule has 3 rings (SSSR count). The summed E-state index contributed by atoms with van der Waals surface area (Å²) in [4.78, 5) is 17.5. The molecule has 0 bridgehead atoms. The predicted octanol–water partition coefficient (Wildman–Crippen LogP) is 1.45. The first-order valence-corrected chi connectivity index (χ1v) is 9.09. The van der Waals surface area contributed by atoms with Gasteiger partial charge in [0.05, 0.1) is 11.4 Å². The van der Waals surface area contributed by atoms with E-state index in [0.717, 1.165) is 10.9 Å². The van der Waals surface area contributed by atoms with Gasteiger partial charge < -0.3 is 11.1 Å². The number of sulfone groups is 1. The molecular formula is C13H15N3O3S2. The Bertz CT molecular complexity index is 827. The number of aromatic nitrogens is 1. The van der Waals surface area contributed by atoms with Crippen LogP contribution in [0.1, 0.15) is 28.1 Å². The molecule has 8 heteroatoms. The molecule has 3 heterocycles. The van der Waals surface area contributed by atoms with Crippen LogP contribution in [-0.2, 0) is 9.84 Å². The Morgan fingerprint density at radius 3 is 2.90 bits per heavy atom. The lowest BCUT2D eigenvalue weighted by Crippen LogP contribution is -2.37. The number of nitrogens with one attached hydrogen (secondary N) is 1. The molecule has 6 nitrogen and oxygen atoms in total. The van der Waals surface area contributed by atoms with Crippen LogP contribution < -0.4 is 11.1 Å². The number of pyridine rings is 1. The maximum Gasteiger partial charge on any atom is 0.264 e. The summed E-state index contributed by atoms with van der Waals surface area (Å²) in [7, 11) is -3.22. The smallest absolute Gasteiger partial charge is 0.264 e. The van der Waals surface area contributed by atoms with Crippen molar-refractivity contribution < 1.29 is 13.2 Å². The first kappa shape index (κ1) is 14.3. The monoisotopic (exact) mass is 325 g/mol. The normalized spacial score (nSPS) is 20.7. The number of fused-ring (bicyclic) bond motifs is 1. The highest BCUT2D eigenvalue weighted by atomic mass is 32.2. The van der Waals surface area contributed by atoms with Gasteiger partial charge in [0.25, 0.3) is 5.91 Å². The van der Waals surface area contributed by atoms with Gasteiger partial charge in [0, 0.05) is 11.6 Å². The summed E-state index contributed by atoms with van der Waals surface area (Å²) in [6.45, 7) is 1.90. The zero-order valence-electron chi connectivity index (χ0n) is 11.4. The fourth-order valence-corrected chi connectivity index (χ4v) is 5.25. The number of nitrogen functional groups attached to an aromatic ring is 1. The lowest BCUT2D eigenvalue weighted by atomic mass is 10.2. The number of thiophene rings is 1. The number of hydrogen-bond donors (Lipinski definition) is 2. The summed E-state index contributed by atoms with van der Waals surface area (Å²) in [5.74, 6) is -0.314. The largest absolute Gasteiger partial charge is 0.397 e. The first-order valence-electron chi connectivity index (χ1n) is 6.56. The molecule has 21 heavy (non-hydrogen) atoms. The van der Waals surface area contributed by atoms with E-state index in [1.54, 1.807) is 6.20 Å². The van der Waals surface area contributed by atoms with Gasteiger partial charge in [0.15, 0.2) is 9.84 Å². The van der Waals surface area contributed by atoms with Crippen molar-refractivity contribution in [3.63, 3.8) is 0 Å². The molecular weight excluding hydrogens is 310 g/mol. The molecule has 0 spiro atoms. The molecule has 2 aromatic rings. The highest BCUT2D eigenvalue weighted by molar-refractivity contribution is 7.92. The van der Waals surface area contributed by atoms with E-state index in [2.05, 4.69) is 10.3 Å². The Morgan fingerprint density at radius 2 is 2.29 bits per heavy atom. The fraction of sp³-hybridized carbons (Fsp3) is 0.385. The van der Waals surface area contributed by atoms with Crippen molar-refractivity contribution >= 4 is 43.0 Å². The van der Waals surface area contributed by atoms with Crippen molar-refractivity contribution in [3.8, 4) is 0 Å². The average molecular weight is 325 g/mol. The lowest BCUT2D eigenvalue weighted by molar-refractivity contribution is 0.0953. The second kappa shape index (κ2) is 4.96. The van der Waals surface area contributed by atoms with Crippen LogP contribution in [0.15, 0.2) is 12.3 Å². The number of rotatable bonds is 2. The molecule has 3 N–H and O–H groups in total. The molecule has 1 aliphatic rings. The van der Waals surface area contributed by atoms with E-state index in [1.807, 2.05) is 13.0 Å². The summed E-state index contributed by atoms with van der Waals surface area (Å²) >= 11 is 1.19. The molecule has 1 unspecified atom stereocenters. The topological polar surface area (TPSA) is 102 Å². The molecule has 0 saturated carbocycles. The summed E-state index contributed by atoms with van der Waals surface area (Å²) in [6.07, 6.45) is 2.70. The molecule has 0 aliphatic carbocycles. The quantitative estimate of drug-likeness (QED) is 0.870. The van der Waals surface area contributed by atoms with Gasteiger partial charge in [0.1, 0.15) is 15.1 Å². The molecule has 1 amide bonds. The number of hydrogen-bond acceptors (Lipinski definition) is 6. The predicted molar refractivity (Wildman–Crippen MR) is 83.0 cm³/mol. The van der Waals surface area contributed by atoms with Crippen molar-refractivity contribution in [1.29, 1.82) is 0 Å². The van der Waals surface area contributed by atoms with E-state index in [4.69, 9.17) is 5.73 Å². The number of carbonyl (C=O) groups excluding carboxylic acids is 1. The Kier molecular flexibility index (Phi) is 3.37. The Morgan fingerprint density at radius 1 is 1.52 bits per heavy atom. The van der Waals surface area contributed by atoms with Gasteiger partial charge in [-0.15, -0.1) is 11.3 Å². The van der Waals surface area contributed by atoms with Crippen LogP contribution in [0.3, 0.4) is 0 Å². The summed E-state index contributed by atoms with van der Waals surface area (Å²) in [5.41, 5.74) is 7.36. The molecule has 0 aromatic carbocycles. The number of nitrogens with two attached hydrogens (primary N) is 1. The van der Waals surface area contributed by atoms with Gasteiger partial charge in [-0.05, 0) is 31.4 Å². The number of aryl methyl sites for hydroxylation is 1. The van der Waals surface area contributed by atoms with Crippen molar-refractivity contribution in [1.82, 2.24) is 10.3 Å². The zero-order chi connectivity index (χ0) is 15.2. The van der Waals surface area contributed by atoms with Gasteiger partial charge in [-0.3, -0.25) is 4.79 Å². The molecule has 1 fully saturated rings. The lowest BCUT2D eigenvalue weighted by Gasteiger charge is -2.11. The van der Waals surface area contributed by atoms with Gasteiger partial charge in [-0.2, -0.15) is 0 Å². The maximum atomic E-state index is 12.3. The molecule has 1 saturated heterocycles. The van der Waals surface area contributed by atoms with E-state index in [1.165, 1.54) is 11.3 Å². The van der Waals surface area contributed by atoms with Gasteiger partial charge >= 0.3 is 0 Å². The van der Waals surface area contributed by atoms with Gasteiger partial charge in [-0.25, -0.2) is 13.4 Å². The van der Waals surface area contributed by atoms with E-state index >= 15 is 0 Å². The van der Waals surface area contributed by atoms with Gasteiger partial charge in [-0.1, -0.05) is 0 Å². The first-order chi connectivity index (χ1) is 9.90. The Labute approximate surface area is 126 Å². The number of amides is 1. The van der Waals surface area contributed by atoms with E-state index < -0.39 is 21.1 Å². The third-order valence-electron chi connectivity index (χ3n) is 3.66. The van der Waals surface area contributed by atoms with E-state index in [9.17, 15) is 13.2 Å². The van der Waals surface area contributed by atoms with Gasteiger partial charge in [0.2, 0.25) is 0 Å². The minimum atomic E-state index is -3.22. The van der Waals surface area contributed by atoms with Crippen molar-refractivity contribution in [2.75, 3.05) is 11.5 Å². The summed E-state index contributed by atoms with van der Waals surface area (Å²) in [6, 6.07) is 1.83. The number of carbonyl (C=O) groups is 1. The van der Waals surface area contributed by atoms with Crippen LogP contribution in [0.2, 0.25) is 0 Å². The highest BCUT2D eigenvalue weighted by Crippen LogP contribution is 2.34. The van der Waals surface area contributed by atoms with Crippen LogP contribution in [0.4, 0.5) is 5.69 Å². The molecule has 0 radical (unpaired) electrons. The van der Waals surface area contributed by atoms with Crippen LogP contribution >= 0.6 is 11.3 Å². The van der Waals surface area contributed by atoms with Crippen LogP contribution in [0, 0.1) is 6.92 Å². The second-order valence-electron chi connectivity index (χ2n) is 5.12. The average Bonchev–Trinajstić information content (AvgIpc) is 2.92. The Balaban J connectivity index is 1.96.